The van der Waals surface area contributed by atoms with Gasteiger partial charge >= 0.3 is 6.03 Å². The third-order valence-corrected chi connectivity index (χ3v) is 5.67. The highest BCUT2D eigenvalue weighted by Crippen LogP contribution is 2.31. The van der Waals surface area contributed by atoms with Gasteiger partial charge in [0.05, 0.1) is 11.9 Å². The van der Waals surface area contributed by atoms with E-state index in [1.165, 1.54) is 6.20 Å². The van der Waals surface area contributed by atoms with Crippen molar-refractivity contribution < 1.29 is 14.4 Å². The first kappa shape index (κ1) is 20.4. The van der Waals surface area contributed by atoms with Crippen LogP contribution < -0.4 is 10.6 Å². The lowest BCUT2D eigenvalue weighted by atomic mass is 9.90. The van der Waals surface area contributed by atoms with Gasteiger partial charge in [0.1, 0.15) is 12.1 Å². The van der Waals surface area contributed by atoms with Gasteiger partial charge in [-0.2, -0.15) is 5.10 Å². The smallest absolute Gasteiger partial charge is 0.323 e. The van der Waals surface area contributed by atoms with Gasteiger partial charge in [0, 0.05) is 12.4 Å². The molecule has 3 heterocycles. The standard InChI is InChI=1S/C24H20N6O3/c1-24(18-8-7-16-5-2-3-6-17(16)13-18)22(32)29(23(33)28-24)15-21(31)27-19-9-10-20(25-14-19)30-12-4-11-26-30/h2-14H,15H2,1H3,(H,27,31)(H,28,33). The lowest BCUT2D eigenvalue weighted by Gasteiger charge is -2.22. The van der Waals surface area contributed by atoms with Crippen LogP contribution in [0.2, 0.25) is 0 Å². The minimum absolute atomic E-state index is 0.408. The number of fused-ring (bicyclic) bond motifs is 1. The van der Waals surface area contributed by atoms with E-state index in [1.54, 1.807) is 42.2 Å². The number of urea groups is 1. The van der Waals surface area contributed by atoms with E-state index in [0.717, 1.165) is 15.7 Å². The van der Waals surface area contributed by atoms with Crippen molar-refractivity contribution in [3.63, 3.8) is 0 Å². The highest BCUT2D eigenvalue weighted by molar-refractivity contribution is 6.10. The molecule has 2 aromatic carbocycles. The van der Waals surface area contributed by atoms with Crippen LogP contribution in [0.4, 0.5) is 10.5 Å². The van der Waals surface area contributed by atoms with Crippen molar-refractivity contribution in [3.05, 3.63) is 84.8 Å². The number of amides is 4. The molecule has 2 aromatic heterocycles. The monoisotopic (exact) mass is 440 g/mol. The fourth-order valence-electron chi connectivity index (χ4n) is 3.88. The highest BCUT2D eigenvalue weighted by atomic mass is 16.2. The van der Waals surface area contributed by atoms with E-state index in [1.807, 2.05) is 42.5 Å². The summed E-state index contributed by atoms with van der Waals surface area (Å²) in [7, 11) is 0. The summed E-state index contributed by atoms with van der Waals surface area (Å²) in [6.07, 6.45) is 4.88. The van der Waals surface area contributed by atoms with E-state index in [2.05, 4.69) is 20.7 Å². The molecule has 4 amide bonds. The van der Waals surface area contributed by atoms with Gasteiger partial charge in [-0.1, -0.05) is 36.4 Å². The number of rotatable bonds is 5. The lowest BCUT2D eigenvalue weighted by molar-refractivity contribution is -0.133. The number of imide groups is 1. The second-order valence-corrected chi connectivity index (χ2v) is 7.91. The Bertz CT molecular complexity index is 1370. The second kappa shape index (κ2) is 7.86. The minimum Gasteiger partial charge on any atom is -0.323 e. The Labute approximate surface area is 189 Å². The Kier molecular flexibility index (Phi) is 4.86. The molecule has 0 radical (unpaired) electrons. The number of hydrogen-bond acceptors (Lipinski definition) is 5. The molecule has 164 valence electrons. The molecule has 1 unspecified atom stereocenters. The van der Waals surface area contributed by atoms with Crippen molar-refractivity contribution in [2.45, 2.75) is 12.5 Å². The van der Waals surface area contributed by atoms with E-state index in [9.17, 15) is 14.4 Å². The Hall–Kier alpha value is -4.53. The molecule has 33 heavy (non-hydrogen) atoms. The lowest BCUT2D eigenvalue weighted by Crippen LogP contribution is -2.42. The quantitative estimate of drug-likeness (QED) is 0.464. The number of nitrogens with zero attached hydrogens (tertiary/aromatic N) is 4. The van der Waals surface area contributed by atoms with Crippen molar-refractivity contribution in [2.24, 2.45) is 0 Å². The van der Waals surface area contributed by atoms with Gasteiger partial charge in [0.25, 0.3) is 5.91 Å². The normalized spacial score (nSPS) is 17.9. The first-order valence-corrected chi connectivity index (χ1v) is 10.3. The fourth-order valence-corrected chi connectivity index (χ4v) is 3.88. The Morgan fingerprint density at radius 3 is 2.61 bits per heavy atom. The number of aromatic nitrogens is 3. The number of hydrogen-bond donors (Lipinski definition) is 2. The number of benzene rings is 2. The van der Waals surface area contributed by atoms with Crippen LogP contribution in [0.3, 0.4) is 0 Å². The molecule has 1 atom stereocenters. The fraction of sp³-hybridized carbons (Fsp3) is 0.125. The van der Waals surface area contributed by atoms with Gasteiger partial charge in [-0.3, -0.25) is 14.5 Å². The predicted octanol–water partition coefficient (Wildman–Crippen LogP) is 2.83. The summed E-state index contributed by atoms with van der Waals surface area (Å²) in [6, 6.07) is 17.9. The third kappa shape index (κ3) is 3.69. The number of anilines is 1. The number of carbonyl (C=O) groups is 3. The summed E-state index contributed by atoms with van der Waals surface area (Å²) < 4.78 is 1.59. The molecule has 4 aromatic rings. The van der Waals surface area contributed by atoms with Gasteiger partial charge in [0.15, 0.2) is 5.82 Å². The van der Waals surface area contributed by atoms with Crippen molar-refractivity contribution >= 4 is 34.3 Å². The van der Waals surface area contributed by atoms with Crippen LogP contribution >= 0.6 is 0 Å². The van der Waals surface area contributed by atoms with Crippen molar-refractivity contribution in [1.82, 2.24) is 25.0 Å². The predicted molar refractivity (Wildman–Crippen MR) is 122 cm³/mol. The van der Waals surface area contributed by atoms with Crippen LogP contribution in [0.1, 0.15) is 12.5 Å². The molecular formula is C24H20N6O3. The van der Waals surface area contributed by atoms with E-state index in [0.29, 0.717) is 17.1 Å². The van der Waals surface area contributed by atoms with Crippen molar-refractivity contribution in [2.75, 3.05) is 11.9 Å². The first-order chi connectivity index (χ1) is 15.9. The average molecular weight is 440 g/mol. The van der Waals surface area contributed by atoms with Crippen LogP contribution in [-0.2, 0) is 15.1 Å². The molecular weight excluding hydrogens is 420 g/mol. The Balaban J connectivity index is 1.30. The SMILES string of the molecule is CC1(c2ccc3ccccc3c2)NC(=O)N(CC(=O)Nc2ccc(-n3cccn3)nc2)C1=O. The van der Waals surface area contributed by atoms with Crippen molar-refractivity contribution in [1.29, 1.82) is 0 Å². The molecule has 0 aliphatic carbocycles. The maximum absolute atomic E-state index is 13.2. The zero-order valence-corrected chi connectivity index (χ0v) is 17.7. The number of pyridine rings is 1. The topological polar surface area (TPSA) is 109 Å². The summed E-state index contributed by atoms with van der Waals surface area (Å²) >= 11 is 0. The molecule has 0 saturated carbocycles. The van der Waals surface area contributed by atoms with Gasteiger partial charge in [0.2, 0.25) is 5.91 Å². The summed E-state index contributed by atoms with van der Waals surface area (Å²) in [5.41, 5.74) is -0.157. The van der Waals surface area contributed by atoms with Gasteiger partial charge < -0.3 is 10.6 Å². The van der Waals surface area contributed by atoms with Gasteiger partial charge in [-0.15, -0.1) is 0 Å². The average Bonchev–Trinajstić information content (AvgIpc) is 3.43. The minimum atomic E-state index is -1.26. The van der Waals surface area contributed by atoms with Gasteiger partial charge in [-0.25, -0.2) is 14.5 Å². The largest absolute Gasteiger partial charge is 0.325 e. The molecule has 2 N–H and O–H groups in total. The number of carbonyl (C=O) groups excluding carboxylic acids is 3. The molecule has 0 spiro atoms. The van der Waals surface area contributed by atoms with Crippen LogP contribution in [0, 0.1) is 0 Å². The van der Waals surface area contributed by atoms with E-state index in [-0.39, 0.29) is 0 Å². The zero-order chi connectivity index (χ0) is 23.0. The Morgan fingerprint density at radius 1 is 1.06 bits per heavy atom. The van der Waals surface area contributed by atoms with Gasteiger partial charge in [-0.05, 0) is 47.5 Å². The maximum atomic E-state index is 13.2. The van der Waals surface area contributed by atoms with E-state index < -0.39 is 29.9 Å². The summed E-state index contributed by atoms with van der Waals surface area (Å²) in [6.45, 7) is 1.24. The summed E-state index contributed by atoms with van der Waals surface area (Å²) in [5, 5.41) is 11.5. The molecule has 0 bridgehead atoms. The highest BCUT2D eigenvalue weighted by Gasteiger charge is 2.49. The van der Waals surface area contributed by atoms with Crippen molar-refractivity contribution in [3.8, 4) is 5.82 Å². The van der Waals surface area contributed by atoms with Crippen LogP contribution in [-0.4, -0.2) is 44.1 Å². The second-order valence-electron chi connectivity index (χ2n) is 7.91. The first-order valence-electron chi connectivity index (χ1n) is 10.3. The summed E-state index contributed by atoms with van der Waals surface area (Å²) in [4.78, 5) is 43.5. The summed E-state index contributed by atoms with van der Waals surface area (Å²) in [5.74, 6) is -0.391. The molecule has 9 nitrogen and oxygen atoms in total. The third-order valence-electron chi connectivity index (χ3n) is 5.67. The Morgan fingerprint density at radius 2 is 1.88 bits per heavy atom. The number of nitrogens with one attached hydrogen (secondary N) is 2. The zero-order valence-electron chi connectivity index (χ0n) is 17.7. The maximum Gasteiger partial charge on any atom is 0.325 e. The van der Waals surface area contributed by atoms with Crippen LogP contribution in [0.25, 0.3) is 16.6 Å². The molecule has 1 fully saturated rings. The van der Waals surface area contributed by atoms with Crippen LogP contribution in [0.15, 0.2) is 79.3 Å². The van der Waals surface area contributed by atoms with E-state index in [4.69, 9.17) is 0 Å². The molecule has 1 saturated heterocycles. The molecule has 5 rings (SSSR count). The van der Waals surface area contributed by atoms with Crippen LogP contribution in [0.5, 0.6) is 0 Å². The van der Waals surface area contributed by atoms with E-state index >= 15 is 0 Å². The molecule has 9 heteroatoms. The molecule has 1 aliphatic rings. The molecule has 1 aliphatic heterocycles.